The van der Waals surface area contributed by atoms with Crippen molar-refractivity contribution in [2.45, 2.75) is 25.8 Å². The number of carbonyl (C=O) groups excluding carboxylic acids is 2. The maximum atomic E-state index is 13.7. The predicted molar refractivity (Wildman–Crippen MR) is 138 cm³/mol. The molecule has 1 aromatic heterocycles. The first-order valence-corrected chi connectivity index (χ1v) is 12.8. The molecule has 2 amide bonds. The predicted octanol–water partition coefficient (Wildman–Crippen LogP) is 6.07. The number of hydrogen-bond donors (Lipinski definition) is 0. The topological polar surface area (TPSA) is 40.6 Å². The third-order valence-electron chi connectivity index (χ3n) is 6.58. The summed E-state index contributed by atoms with van der Waals surface area (Å²) in [6, 6.07) is 21.7. The molecule has 0 saturated heterocycles. The standard InChI is InChI=1S/C29H27FN2O2S/c1-2-15-31(29(34)23-8-7-20-5-3-4-6-22(20)18-23)19-27(33)32-16-13-26-25(14-17-35-26)28(32)21-9-11-24(30)12-10-21/h3-12,14,17-18,28H,2,13,15-16,19H2,1H3. The first kappa shape index (κ1) is 23.2. The lowest BCUT2D eigenvalue weighted by Gasteiger charge is -2.37. The van der Waals surface area contributed by atoms with E-state index in [1.165, 1.54) is 17.0 Å². The molecule has 5 rings (SSSR count). The molecule has 1 atom stereocenters. The molecule has 4 aromatic rings. The first-order chi connectivity index (χ1) is 17.0. The number of halogens is 1. The van der Waals surface area contributed by atoms with Gasteiger partial charge < -0.3 is 9.80 Å². The second-order valence-corrected chi connectivity index (χ2v) is 9.88. The number of nitrogens with zero attached hydrogens (tertiary/aromatic N) is 2. The zero-order valence-electron chi connectivity index (χ0n) is 19.6. The second kappa shape index (κ2) is 10.0. The minimum Gasteiger partial charge on any atom is -0.330 e. The van der Waals surface area contributed by atoms with Gasteiger partial charge in [0.15, 0.2) is 0 Å². The monoisotopic (exact) mass is 486 g/mol. The van der Waals surface area contributed by atoms with Crippen molar-refractivity contribution in [3.05, 3.63) is 106 Å². The lowest BCUT2D eigenvalue weighted by molar-refractivity contribution is -0.134. The van der Waals surface area contributed by atoms with Crippen molar-refractivity contribution in [3.63, 3.8) is 0 Å². The van der Waals surface area contributed by atoms with Crippen molar-refractivity contribution in [3.8, 4) is 0 Å². The normalized spacial score (nSPS) is 15.1. The van der Waals surface area contributed by atoms with Crippen LogP contribution in [-0.4, -0.2) is 41.2 Å². The second-order valence-electron chi connectivity index (χ2n) is 8.88. The SMILES string of the molecule is CCCN(CC(=O)N1CCc2sccc2C1c1ccc(F)cc1)C(=O)c1ccc2ccccc2c1. The maximum absolute atomic E-state index is 13.7. The Hall–Kier alpha value is -3.51. The molecule has 3 aromatic carbocycles. The quantitative estimate of drug-likeness (QED) is 0.332. The third kappa shape index (κ3) is 4.71. The molecule has 0 bridgehead atoms. The number of hydrogen-bond acceptors (Lipinski definition) is 3. The van der Waals surface area contributed by atoms with Crippen molar-refractivity contribution >= 4 is 33.9 Å². The summed E-state index contributed by atoms with van der Waals surface area (Å²) in [5, 5.41) is 4.12. The van der Waals surface area contributed by atoms with Crippen LogP contribution in [0.4, 0.5) is 4.39 Å². The van der Waals surface area contributed by atoms with Crippen molar-refractivity contribution in [2.24, 2.45) is 0 Å². The number of amides is 2. The van der Waals surface area contributed by atoms with Gasteiger partial charge in [0.1, 0.15) is 12.4 Å². The molecule has 0 aliphatic carbocycles. The van der Waals surface area contributed by atoms with Crippen LogP contribution in [0.3, 0.4) is 0 Å². The highest BCUT2D eigenvalue weighted by Crippen LogP contribution is 2.38. The zero-order chi connectivity index (χ0) is 24.4. The first-order valence-electron chi connectivity index (χ1n) is 11.9. The van der Waals surface area contributed by atoms with Crippen LogP contribution in [0.5, 0.6) is 0 Å². The molecular weight excluding hydrogens is 459 g/mol. The van der Waals surface area contributed by atoms with Gasteiger partial charge in [-0.25, -0.2) is 4.39 Å². The Morgan fingerprint density at radius 3 is 2.57 bits per heavy atom. The fraction of sp³-hybridized carbons (Fsp3) is 0.241. The van der Waals surface area contributed by atoms with Crippen LogP contribution >= 0.6 is 11.3 Å². The molecule has 0 fully saturated rings. The molecule has 0 radical (unpaired) electrons. The van der Waals surface area contributed by atoms with Gasteiger partial charge in [0.2, 0.25) is 5.91 Å². The van der Waals surface area contributed by atoms with E-state index in [1.807, 2.05) is 59.7 Å². The van der Waals surface area contributed by atoms with Crippen molar-refractivity contribution in [1.29, 1.82) is 0 Å². The van der Waals surface area contributed by atoms with E-state index in [2.05, 4.69) is 6.07 Å². The number of benzene rings is 3. The fourth-order valence-corrected chi connectivity index (χ4v) is 5.77. The van der Waals surface area contributed by atoms with Gasteiger partial charge in [0, 0.05) is 23.5 Å². The van der Waals surface area contributed by atoms with E-state index in [9.17, 15) is 14.0 Å². The summed E-state index contributed by atoms with van der Waals surface area (Å²) in [5.74, 6) is -0.542. The van der Waals surface area contributed by atoms with Gasteiger partial charge in [0.05, 0.1) is 6.04 Å². The summed E-state index contributed by atoms with van der Waals surface area (Å²) >= 11 is 1.69. The Bertz CT molecular complexity index is 1360. The van der Waals surface area contributed by atoms with E-state index in [0.717, 1.165) is 34.7 Å². The van der Waals surface area contributed by atoms with Gasteiger partial charge in [-0.15, -0.1) is 11.3 Å². The Labute approximate surface area is 208 Å². The molecule has 0 saturated carbocycles. The van der Waals surface area contributed by atoms with Crippen LogP contribution in [0, 0.1) is 5.82 Å². The van der Waals surface area contributed by atoms with E-state index >= 15 is 0 Å². The maximum Gasteiger partial charge on any atom is 0.254 e. The van der Waals surface area contributed by atoms with E-state index in [4.69, 9.17) is 0 Å². The van der Waals surface area contributed by atoms with E-state index in [0.29, 0.717) is 18.7 Å². The third-order valence-corrected chi connectivity index (χ3v) is 7.57. The van der Waals surface area contributed by atoms with Crippen LogP contribution < -0.4 is 0 Å². The van der Waals surface area contributed by atoms with Crippen LogP contribution in [0.1, 0.15) is 45.7 Å². The molecule has 1 unspecified atom stereocenters. The molecule has 2 heterocycles. The summed E-state index contributed by atoms with van der Waals surface area (Å²) < 4.78 is 13.6. The van der Waals surface area contributed by atoms with Crippen LogP contribution in [0.15, 0.2) is 78.2 Å². The average molecular weight is 487 g/mol. The van der Waals surface area contributed by atoms with Gasteiger partial charge >= 0.3 is 0 Å². The largest absolute Gasteiger partial charge is 0.330 e. The summed E-state index contributed by atoms with van der Waals surface area (Å²) in [6.07, 6.45) is 1.53. The van der Waals surface area contributed by atoms with Gasteiger partial charge in [-0.2, -0.15) is 0 Å². The van der Waals surface area contributed by atoms with Gasteiger partial charge in [0.25, 0.3) is 5.91 Å². The van der Waals surface area contributed by atoms with Gasteiger partial charge in [-0.3, -0.25) is 9.59 Å². The van der Waals surface area contributed by atoms with Crippen LogP contribution in [0.25, 0.3) is 10.8 Å². The Morgan fingerprint density at radius 2 is 1.80 bits per heavy atom. The van der Waals surface area contributed by atoms with E-state index in [1.54, 1.807) is 28.4 Å². The van der Waals surface area contributed by atoms with Crippen molar-refractivity contribution in [1.82, 2.24) is 9.80 Å². The summed E-state index contributed by atoms with van der Waals surface area (Å²) in [7, 11) is 0. The summed E-state index contributed by atoms with van der Waals surface area (Å²) in [5.41, 5.74) is 2.55. The minimum absolute atomic E-state index is 0.0106. The fourth-order valence-electron chi connectivity index (χ4n) is 4.87. The number of carbonyl (C=O) groups is 2. The average Bonchev–Trinajstić information content (AvgIpc) is 3.37. The summed E-state index contributed by atoms with van der Waals surface area (Å²) in [6.45, 7) is 3.08. The molecule has 0 spiro atoms. The molecule has 35 heavy (non-hydrogen) atoms. The lowest BCUT2D eigenvalue weighted by atomic mass is 9.93. The Balaban J connectivity index is 1.42. The summed E-state index contributed by atoms with van der Waals surface area (Å²) in [4.78, 5) is 31.9. The molecule has 1 aliphatic heterocycles. The zero-order valence-corrected chi connectivity index (χ0v) is 20.4. The lowest BCUT2D eigenvalue weighted by Crippen LogP contribution is -2.47. The van der Waals surface area contributed by atoms with Gasteiger partial charge in [-0.1, -0.05) is 49.4 Å². The molecule has 6 heteroatoms. The van der Waals surface area contributed by atoms with Crippen LogP contribution in [0.2, 0.25) is 0 Å². The Morgan fingerprint density at radius 1 is 1.03 bits per heavy atom. The van der Waals surface area contributed by atoms with Gasteiger partial charge in [-0.05, 0) is 70.5 Å². The highest BCUT2D eigenvalue weighted by atomic mass is 32.1. The molecule has 0 N–H and O–H groups in total. The van der Waals surface area contributed by atoms with Crippen molar-refractivity contribution < 1.29 is 14.0 Å². The number of fused-ring (bicyclic) bond motifs is 2. The molecule has 178 valence electrons. The molecule has 4 nitrogen and oxygen atoms in total. The number of thiophene rings is 1. The molecular formula is C29H27FN2O2S. The van der Waals surface area contributed by atoms with E-state index in [-0.39, 0.29) is 30.2 Å². The smallest absolute Gasteiger partial charge is 0.254 e. The minimum atomic E-state index is -0.303. The Kier molecular flexibility index (Phi) is 6.64. The highest BCUT2D eigenvalue weighted by Gasteiger charge is 2.34. The number of rotatable bonds is 6. The molecule has 1 aliphatic rings. The van der Waals surface area contributed by atoms with Crippen LogP contribution in [-0.2, 0) is 11.2 Å². The van der Waals surface area contributed by atoms with E-state index < -0.39 is 0 Å². The van der Waals surface area contributed by atoms with Crippen molar-refractivity contribution in [2.75, 3.05) is 19.6 Å². The highest BCUT2D eigenvalue weighted by molar-refractivity contribution is 7.10.